The number of methoxy groups -OCH3 is 1. The van der Waals surface area contributed by atoms with Crippen molar-refractivity contribution < 1.29 is 27.2 Å². The molecular weight excluding hydrogens is 341 g/mol. The summed E-state index contributed by atoms with van der Waals surface area (Å²) in [5.74, 6) is -0.616. The topological polar surface area (TPSA) is 46.5 Å². The molecule has 0 amide bonds. The standard InChI is InChI=1S/C17H17F3O3S/c1-12-3-9-15(10-4-12)24(22)11-16(21,17(18,19)20)13-5-7-14(23-2)8-6-13/h3-10,21H,11H2,1-2H3. The third kappa shape index (κ3) is 3.79. The largest absolute Gasteiger partial charge is 0.497 e. The molecule has 2 unspecified atom stereocenters. The number of aryl methyl sites for hydroxylation is 1. The molecule has 2 aromatic rings. The second-order valence-electron chi connectivity index (χ2n) is 5.39. The van der Waals surface area contributed by atoms with Gasteiger partial charge in [-0.3, -0.25) is 4.21 Å². The van der Waals surface area contributed by atoms with Gasteiger partial charge in [0.15, 0.2) is 5.60 Å². The maximum absolute atomic E-state index is 13.5. The Kier molecular flexibility index (Phi) is 5.35. The molecule has 0 aromatic heterocycles. The van der Waals surface area contributed by atoms with Crippen molar-refractivity contribution in [2.75, 3.05) is 12.9 Å². The highest BCUT2D eigenvalue weighted by Crippen LogP contribution is 2.40. The number of hydrogen-bond donors (Lipinski definition) is 1. The number of hydrogen-bond acceptors (Lipinski definition) is 3. The quantitative estimate of drug-likeness (QED) is 0.889. The van der Waals surface area contributed by atoms with Crippen LogP contribution in [0.25, 0.3) is 0 Å². The predicted molar refractivity (Wildman–Crippen MR) is 85.4 cm³/mol. The van der Waals surface area contributed by atoms with E-state index in [0.29, 0.717) is 5.75 Å². The zero-order valence-electron chi connectivity index (χ0n) is 13.1. The van der Waals surface area contributed by atoms with Crippen LogP contribution in [0, 0.1) is 6.92 Å². The molecule has 0 aliphatic carbocycles. The van der Waals surface area contributed by atoms with Gasteiger partial charge in [0.1, 0.15) is 5.75 Å². The summed E-state index contributed by atoms with van der Waals surface area (Å²) in [7, 11) is -0.630. The van der Waals surface area contributed by atoms with Crippen molar-refractivity contribution in [3.05, 3.63) is 59.7 Å². The van der Waals surface area contributed by atoms with Crippen LogP contribution in [0.3, 0.4) is 0 Å². The number of aliphatic hydroxyl groups is 1. The zero-order valence-corrected chi connectivity index (χ0v) is 13.9. The first kappa shape index (κ1) is 18.5. The Labute approximate surface area is 140 Å². The van der Waals surface area contributed by atoms with Crippen molar-refractivity contribution in [2.24, 2.45) is 0 Å². The Morgan fingerprint density at radius 2 is 1.58 bits per heavy atom. The Balaban J connectivity index is 2.37. The maximum Gasteiger partial charge on any atom is 0.422 e. The van der Waals surface area contributed by atoms with Gasteiger partial charge in [-0.15, -0.1) is 0 Å². The Hall–Kier alpha value is -1.86. The fourth-order valence-electron chi connectivity index (χ4n) is 2.16. The van der Waals surface area contributed by atoms with Crippen LogP contribution in [0.4, 0.5) is 13.2 Å². The van der Waals surface area contributed by atoms with Crippen LogP contribution in [0.2, 0.25) is 0 Å². The summed E-state index contributed by atoms with van der Waals surface area (Å²) >= 11 is 0. The van der Waals surface area contributed by atoms with Gasteiger partial charge in [0.05, 0.1) is 23.7 Å². The van der Waals surface area contributed by atoms with Gasteiger partial charge >= 0.3 is 6.18 Å². The van der Waals surface area contributed by atoms with E-state index < -0.39 is 28.3 Å². The molecule has 2 rings (SSSR count). The lowest BCUT2D eigenvalue weighted by atomic mass is 9.95. The summed E-state index contributed by atoms with van der Waals surface area (Å²) in [5, 5.41) is 10.3. The first-order valence-corrected chi connectivity index (χ1v) is 8.38. The Bertz CT molecular complexity index is 711. The first-order chi connectivity index (χ1) is 11.2. The average molecular weight is 358 g/mol. The minimum Gasteiger partial charge on any atom is -0.497 e. The van der Waals surface area contributed by atoms with Gasteiger partial charge in [-0.2, -0.15) is 13.2 Å². The van der Waals surface area contributed by atoms with E-state index >= 15 is 0 Å². The van der Waals surface area contributed by atoms with Crippen LogP contribution in [-0.4, -0.2) is 28.4 Å². The molecule has 1 N–H and O–H groups in total. The number of halogens is 3. The summed E-state index contributed by atoms with van der Waals surface area (Å²) in [6.07, 6.45) is -4.97. The smallest absolute Gasteiger partial charge is 0.422 e. The molecule has 2 aromatic carbocycles. The SMILES string of the molecule is COc1ccc(C(O)(CS(=O)c2ccc(C)cc2)C(F)(F)F)cc1. The van der Waals surface area contributed by atoms with Gasteiger partial charge in [-0.25, -0.2) is 0 Å². The minimum absolute atomic E-state index is 0.233. The van der Waals surface area contributed by atoms with Crippen molar-refractivity contribution in [2.45, 2.75) is 23.6 Å². The van der Waals surface area contributed by atoms with Gasteiger partial charge in [0, 0.05) is 4.90 Å². The second-order valence-corrected chi connectivity index (χ2v) is 6.84. The van der Waals surface area contributed by atoms with Crippen molar-refractivity contribution in [3.8, 4) is 5.75 Å². The molecule has 0 bridgehead atoms. The normalized spacial score (nSPS) is 15.6. The summed E-state index contributed by atoms with van der Waals surface area (Å²) in [5.41, 5.74) is -2.69. The van der Waals surface area contributed by atoms with Gasteiger partial charge in [0.25, 0.3) is 0 Å². The monoisotopic (exact) mass is 358 g/mol. The molecule has 3 nitrogen and oxygen atoms in total. The van der Waals surface area contributed by atoms with E-state index in [0.717, 1.165) is 17.7 Å². The summed E-state index contributed by atoms with van der Waals surface area (Å²) in [4.78, 5) is 0.233. The van der Waals surface area contributed by atoms with Crippen LogP contribution >= 0.6 is 0 Å². The van der Waals surface area contributed by atoms with Crippen LogP contribution in [0.5, 0.6) is 5.75 Å². The minimum atomic E-state index is -4.97. The van der Waals surface area contributed by atoms with Crippen LogP contribution in [0.1, 0.15) is 11.1 Å². The molecule has 2 atom stereocenters. The van der Waals surface area contributed by atoms with Gasteiger partial charge in [-0.1, -0.05) is 29.8 Å². The number of ether oxygens (including phenoxy) is 1. The molecule has 24 heavy (non-hydrogen) atoms. The fraction of sp³-hybridized carbons (Fsp3) is 0.294. The Morgan fingerprint density at radius 3 is 2.04 bits per heavy atom. The van der Waals surface area contributed by atoms with Gasteiger partial charge in [-0.05, 0) is 36.8 Å². The van der Waals surface area contributed by atoms with Crippen LogP contribution in [-0.2, 0) is 16.4 Å². The molecule has 0 aliphatic heterocycles. The van der Waals surface area contributed by atoms with E-state index in [1.54, 1.807) is 12.1 Å². The molecule has 0 saturated carbocycles. The van der Waals surface area contributed by atoms with E-state index in [2.05, 4.69) is 0 Å². The van der Waals surface area contributed by atoms with E-state index in [9.17, 15) is 22.5 Å². The first-order valence-electron chi connectivity index (χ1n) is 7.06. The van der Waals surface area contributed by atoms with E-state index in [-0.39, 0.29) is 10.5 Å². The predicted octanol–water partition coefficient (Wildman–Crippen LogP) is 3.56. The van der Waals surface area contributed by atoms with Gasteiger partial charge in [0.2, 0.25) is 0 Å². The van der Waals surface area contributed by atoms with E-state index in [4.69, 9.17) is 4.74 Å². The third-order valence-corrected chi connectivity index (χ3v) is 5.14. The van der Waals surface area contributed by atoms with Crippen LogP contribution < -0.4 is 4.74 Å². The molecular formula is C17H17F3O3S. The zero-order chi connectivity index (χ0) is 18.0. The van der Waals surface area contributed by atoms with Gasteiger partial charge < -0.3 is 9.84 Å². The molecule has 7 heteroatoms. The molecule has 0 fully saturated rings. The number of benzene rings is 2. The molecule has 0 radical (unpaired) electrons. The molecule has 0 spiro atoms. The Morgan fingerprint density at radius 1 is 1.04 bits per heavy atom. The lowest BCUT2D eigenvalue weighted by Crippen LogP contribution is -2.46. The van der Waals surface area contributed by atoms with Crippen LogP contribution in [0.15, 0.2) is 53.4 Å². The van der Waals surface area contributed by atoms with Crippen molar-refractivity contribution >= 4 is 10.8 Å². The van der Waals surface area contributed by atoms with E-state index in [1.165, 1.54) is 31.4 Å². The lowest BCUT2D eigenvalue weighted by Gasteiger charge is -2.30. The van der Waals surface area contributed by atoms with Crippen molar-refractivity contribution in [1.82, 2.24) is 0 Å². The molecule has 0 aliphatic rings. The third-order valence-electron chi connectivity index (χ3n) is 3.66. The average Bonchev–Trinajstić information content (AvgIpc) is 2.54. The molecule has 0 saturated heterocycles. The second kappa shape index (κ2) is 6.94. The highest BCUT2D eigenvalue weighted by molar-refractivity contribution is 7.85. The summed E-state index contributed by atoms with van der Waals surface area (Å²) in [6.45, 7) is 1.82. The summed E-state index contributed by atoms with van der Waals surface area (Å²) in [6, 6.07) is 11.2. The molecule has 130 valence electrons. The molecule has 0 heterocycles. The number of alkyl halides is 3. The lowest BCUT2D eigenvalue weighted by molar-refractivity contribution is -0.256. The highest BCUT2D eigenvalue weighted by atomic mass is 32.2. The van der Waals surface area contributed by atoms with E-state index in [1.807, 2.05) is 6.92 Å². The maximum atomic E-state index is 13.5. The van der Waals surface area contributed by atoms with Crippen molar-refractivity contribution in [3.63, 3.8) is 0 Å². The summed E-state index contributed by atoms with van der Waals surface area (Å²) < 4.78 is 57.7. The fourth-order valence-corrected chi connectivity index (χ4v) is 3.47. The number of rotatable bonds is 5. The van der Waals surface area contributed by atoms with Crippen molar-refractivity contribution in [1.29, 1.82) is 0 Å². The highest BCUT2D eigenvalue weighted by Gasteiger charge is 2.56.